The average Bonchev–Trinajstić information content (AvgIpc) is 3.04. The maximum Gasteiger partial charge on any atom is 0.439 e. The van der Waals surface area contributed by atoms with Crippen LogP contribution in [-0.4, -0.2) is 37.8 Å². The number of halogens is 6. The van der Waals surface area contributed by atoms with Gasteiger partial charge in [0.15, 0.2) is 0 Å². The first-order valence-corrected chi connectivity index (χ1v) is 20.0. The number of sulfone groups is 1. The van der Waals surface area contributed by atoms with Gasteiger partial charge in [0.25, 0.3) is 9.84 Å². The lowest BCUT2D eigenvalue weighted by Crippen LogP contribution is -2.60. The van der Waals surface area contributed by atoms with Crippen LogP contribution in [0.15, 0.2) is 11.0 Å². The normalized spacial score (nSPS) is 23.1. The third kappa shape index (κ3) is 6.27. The number of benzene rings is 1. The van der Waals surface area contributed by atoms with Crippen LogP contribution >= 0.6 is 0 Å². The summed E-state index contributed by atoms with van der Waals surface area (Å²) in [4.78, 5) is -0.984. The van der Waals surface area contributed by atoms with Crippen molar-refractivity contribution in [2.45, 2.75) is 173 Å². The van der Waals surface area contributed by atoms with Crippen LogP contribution < -0.4 is 0 Å². The molecular formula is C33H46F6O5S2. The first kappa shape index (κ1) is 36.0. The topological polar surface area (TPSA) is 88.5 Å². The van der Waals surface area contributed by atoms with Crippen LogP contribution in [0.5, 0.6) is 0 Å². The number of alkyl halides is 6. The molecule has 1 N–H and O–H groups in total. The second-order valence-electron chi connectivity index (χ2n) is 14.1. The molecule has 262 valence electrons. The highest BCUT2D eigenvalue weighted by Gasteiger charge is 2.82. The monoisotopic (exact) mass is 700 g/mol. The van der Waals surface area contributed by atoms with Gasteiger partial charge in [0.2, 0.25) is 0 Å². The summed E-state index contributed by atoms with van der Waals surface area (Å²) in [5.41, 5.74) is 1.63. The summed E-state index contributed by atoms with van der Waals surface area (Å²) >= 11 is 0. The Bertz CT molecular complexity index is 1450. The Morgan fingerprint density at radius 2 is 0.848 bits per heavy atom. The van der Waals surface area contributed by atoms with Gasteiger partial charge in [-0.25, -0.2) is 8.42 Å². The Hall–Kier alpha value is -1.34. The van der Waals surface area contributed by atoms with E-state index in [1.807, 2.05) is 0 Å². The Labute approximate surface area is 269 Å². The van der Waals surface area contributed by atoms with E-state index in [0.717, 1.165) is 69.8 Å². The van der Waals surface area contributed by atoms with Gasteiger partial charge in [0.1, 0.15) is 0 Å². The van der Waals surface area contributed by atoms with E-state index in [2.05, 4.69) is 0 Å². The zero-order chi connectivity index (χ0) is 33.5. The molecule has 0 aromatic heterocycles. The molecule has 0 aliphatic heterocycles. The minimum absolute atomic E-state index is 0.00828. The Morgan fingerprint density at radius 3 is 1.24 bits per heavy atom. The van der Waals surface area contributed by atoms with Gasteiger partial charge < -0.3 is 0 Å². The number of hydrogen-bond donors (Lipinski definition) is 1. The average molecular weight is 701 g/mol. The fraction of sp³-hybridized carbons (Fsp3) is 0.818. The van der Waals surface area contributed by atoms with Crippen molar-refractivity contribution in [2.75, 3.05) is 0 Å². The van der Waals surface area contributed by atoms with Crippen molar-refractivity contribution in [3.05, 3.63) is 28.3 Å². The first-order chi connectivity index (χ1) is 21.5. The van der Waals surface area contributed by atoms with E-state index in [1.165, 1.54) is 0 Å². The van der Waals surface area contributed by atoms with Crippen molar-refractivity contribution in [3.8, 4) is 0 Å². The summed E-state index contributed by atoms with van der Waals surface area (Å²) in [5.74, 6) is -8.22. The molecule has 0 spiro atoms. The van der Waals surface area contributed by atoms with Crippen LogP contribution in [0, 0.1) is 0 Å². The second kappa shape index (κ2) is 13.5. The molecule has 5 rings (SSSR count). The smallest absolute Gasteiger partial charge is 0.281 e. The van der Waals surface area contributed by atoms with Crippen LogP contribution in [0.4, 0.5) is 26.3 Å². The summed E-state index contributed by atoms with van der Waals surface area (Å²) in [6, 6.07) is 1.66. The van der Waals surface area contributed by atoms with Crippen LogP contribution in [0.2, 0.25) is 0 Å². The van der Waals surface area contributed by atoms with Gasteiger partial charge >= 0.3 is 26.5 Å². The lowest BCUT2D eigenvalue weighted by molar-refractivity contribution is -0.245. The molecule has 4 fully saturated rings. The SMILES string of the molecule is O=S(=O)(O)C(F)(F)C(F)(F)C(F)(F)S(=O)(=O)c1c(C2CCCCC2)cc(C2CCCCC2)c(C2CCCCC2)c1C1CCCCC1. The van der Waals surface area contributed by atoms with Crippen molar-refractivity contribution in [3.63, 3.8) is 0 Å². The highest BCUT2D eigenvalue weighted by atomic mass is 32.2. The van der Waals surface area contributed by atoms with Crippen molar-refractivity contribution in [1.29, 1.82) is 0 Å². The Morgan fingerprint density at radius 1 is 0.500 bits per heavy atom. The van der Waals surface area contributed by atoms with Crippen molar-refractivity contribution in [2.24, 2.45) is 0 Å². The summed E-state index contributed by atoms with van der Waals surface area (Å²) in [5, 5.41) is -13.3. The van der Waals surface area contributed by atoms with E-state index in [4.69, 9.17) is 4.55 Å². The number of rotatable bonds is 9. The minimum atomic E-state index is -7.12. The van der Waals surface area contributed by atoms with E-state index >= 15 is 17.6 Å². The van der Waals surface area contributed by atoms with Gasteiger partial charge in [-0.2, -0.15) is 34.8 Å². The standard InChI is InChI=1S/C33H46F6O5S2/c34-31(35,33(38,39)46(42,43)44)32(36,37)45(40,41)30-27(23-15-7-2-8-16-23)21-26(22-13-5-1-6-14-22)28(24-17-9-3-10-18-24)29(30)25-19-11-4-12-20-25/h21-25H,1-20H2,(H,42,43,44). The fourth-order valence-corrected chi connectivity index (χ4v) is 11.1. The molecule has 0 atom stereocenters. The second-order valence-corrected chi connectivity index (χ2v) is 17.5. The van der Waals surface area contributed by atoms with Crippen LogP contribution in [-0.2, 0) is 20.0 Å². The predicted octanol–water partition coefficient (Wildman–Crippen LogP) is 10.4. The van der Waals surface area contributed by atoms with Gasteiger partial charge in [-0.3, -0.25) is 4.55 Å². The molecule has 4 aliphatic carbocycles. The molecular weight excluding hydrogens is 654 g/mol. The molecule has 1 aromatic carbocycles. The van der Waals surface area contributed by atoms with Gasteiger partial charge in [0, 0.05) is 0 Å². The lowest BCUT2D eigenvalue weighted by atomic mass is 9.69. The lowest BCUT2D eigenvalue weighted by Gasteiger charge is -2.39. The highest BCUT2D eigenvalue weighted by molar-refractivity contribution is 7.92. The summed E-state index contributed by atoms with van der Waals surface area (Å²) in [6.45, 7) is 0. The quantitative estimate of drug-likeness (QED) is 0.205. The Kier molecular flexibility index (Phi) is 10.6. The van der Waals surface area contributed by atoms with Gasteiger partial charge in [-0.15, -0.1) is 0 Å². The van der Waals surface area contributed by atoms with Gasteiger partial charge in [-0.1, -0.05) is 83.1 Å². The molecule has 4 saturated carbocycles. The van der Waals surface area contributed by atoms with Crippen LogP contribution in [0.3, 0.4) is 0 Å². The molecule has 0 bridgehead atoms. The summed E-state index contributed by atoms with van der Waals surface area (Å²) in [7, 11) is -13.8. The largest absolute Gasteiger partial charge is 0.439 e. The zero-order valence-corrected chi connectivity index (χ0v) is 27.8. The minimum Gasteiger partial charge on any atom is -0.281 e. The molecule has 4 aliphatic rings. The highest BCUT2D eigenvalue weighted by Crippen LogP contribution is 2.57. The van der Waals surface area contributed by atoms with E-state index in [-0.39, 0.29) is 23.0 Å². The third-order valence-electron chi connectivity index (χ3n) is 11.2. The van der Waals surface area contributed by atoms with Crippen molar-refractivity contribution >= 4 is 20.0 Å². The summed E-state index contributed by atoms with van der Waals surface area (Å²) in [6.07, 6.45) is 14.7. The fourth-order valence-electron chi connectivity index (χ4n) is 8.78. The molecule has 5 nitrogen and oxygen atoms in total. The van der Waals surface area contributed by atoms with Gasteiger partial charge in [-0.05, 0) is 97.3 Å². The number of hydrogen-bond acceptors (Lipinski definition) is 4. The van der Waals surface area contributed by atoms with Crippen LogP contribution in [0.1, 0.15) is 174 Å². The third-order valence-corrected chi connectivity index (χ3v) is 14.0. The molecule has 0 saturated heterocycles. The van der Waals surface area contributed by atoms with Crippen LogP contribution in [0.25, 0.3) is 0 Å². The van der Waals surface area contributed by atoms with Crippen molar-refractivity contribution < 1.29 is 47.7 Å². The predicted molar refractivity (Wildman–Crippen MR) is 163 cm³/mol. The van der Waals surface area contributed by atoms with E-state index in [9.17, 15) is 25.6 Å². The molecule has 0 heterocycles. The molecule has 1 aromatic rings. The molecule has 13 heteroatoms. The zero-order valence-electron chi connectivity index (χ0n) is 26.2. The molecule has 0 amide bonds. The van der Waals surface area contributed by atoms with E-state index in [1.54, 1.807) is 6.07 Å². The Balaban J connectivity index is 1.87. The maximum absolute atomic E-state index is 16.0. The van der Waals surface area contributed by atoms with Gasteiger partial charge in [0.05, 0.1) is 4.90 Å². The molecule has 0 unspecified atom stereocenters. The first-order valence-electron chi connectivity index (χ1n) is 17.1. The van der Waals surface area contributed by atoms with E-state index < -0.39 is 53.1 Å². The summed E-state index contributed by atoms with van der Waals surface area (Å²) < 4.78 is 152. The maximum atomic E-state index is 16.0. The molecule has 0 radical (unpaired) electrons. The van der Waals surface area contributed by atoms with E-state index in [0.29, 0.717) is 69.8 Å². The molecule has 46 heavy (non-hydrogen) atoms. The van der Waals surface area contributed by atoms with Crippen molar-refractivity contribution in [1.82, 2.24) is 0 Å².